The van der Waals surface area contributed by atoms with Crippen molar-refractivity contribution in [3.63, 3.8) is 0 Å². The van der Waals surface area contributed by atoms with Crippen molar-refractivity contribution in [3.8, 4) is 11.5 Å². The molecule has 0 fully saturated rings. The number of carbonyl (C=O) groups is 1. The Morgan fingerprint density at radius 1 is 1.12 bits per heavy atom. The first-order chi connectivity index (χ1) is 12.4. The maximum Gasteiger partial charge on any atom is 0.319 e. The van der Waals surface area contributed by atoms with Crippen molar-refractivity contribution in [3.05, 3.63) is 57.6 Å². The van der Waals surface area contributed by atoms with Crippen molar-refractivity contribution >= 4 is 17.4 Å². The molecule has 0 aliphatic heterocycles. The van der Waals surface area contributed by atoms with E-state index in [0.29, 0.717) is 30.2 Å². The van der Waals surface area contributed by atoms with Gasteiger partial charge in [-0.05, 0) is 36.6 Å². The number of hydrogen-bond acceptors (Lipinski definition) is 5. The van der Waals surface area contributed by atoms with Crippen molar-refractivity contribution in [1.29, 1.82) is 0 Å². The smallest absolute Gasteiger partial charge is 0.319 e. The lowest BCUT2D eigenvalue weighted by Crippen LogP contribution is -2.30. The summed E-state index contributed by atoms with van der Waals surface area (Å²) in [5.74, 6) is 1.27. The molecule has 2 amide bonds. The second-order valence-corrected chi connectivity index (χ2v) is 5.58. The fourth-order valence-corrected chi connectivity index (χ4v) is 2.38. The molecule has 2 aromatic carbocycles. The minimum absolute atomic E-state index is 0.0729. The molecule has 0 aromatic heterocycles. The molecule has 0 aliphatic rings. The van der Waals surface area contributed by atoms with Gasteiger partial charge in [-0.2, -0.15) is 0 Å². The Bertz CT molecular complexity index is 807. The number of anilines is 1. The van der Waals surface area contributed by atoms with Gasteiger partial charge in [0.25, 0.3) is 5.69 Å². The van der Waals surface area contributed by atoms with Gasteiger partial charge < -0.3 is 20.1 Å². The van der Waals surface area contributed by atoms with Gasteiger partial charge in [0.15, 0.2) is 11.5 Å². The zero-order valence-corrected chi connectivity index (χ0v) is 14.9. The summed E-state index contributed by atoms with van der Waals surface area (Å²) in [6.07, 6.45) is 0.599. The number of hydrogen-bond donors (Lipinski definition) is 2. The fraction of sp³-hybridized carbons (Fsp3) is 0.278. The Labute approximate surface area is 151 Å². The molecule has 26 heavy (non-hydrogen) atoms. The maximum absolute atomic E-state index is 12.0. The van der Waals surface area contributed by atoms with Crippen molar-refractivity contribution in [2.75, 3.05) is 26.1 Å². The molecule has 0 bridgehead atoms. The molecule has 0 heterocycles. The zero-order valence-electron chi connectivity index (χ0n) is 14.9. The van der Waals surface area contributed by atoms with Crippen LogP contribution in [0.25, 0.3) is 0 Å². The Morgan fingerprint density at radius 2 is 1.85 bits per heavy atom. The molecule has 2 rings (SSSR count). The van der Waals surface area contributed by atoms with E-state index in [1.165, 1.54) is 12.1 Å². The third-order valence-corrected chi connectivity index (χ3v) is 3.83. The quantitative estimate of drug-likeness (QED) is 0.583. The highest BCUT2D eigenvalue weighted by Crippen LogP contribution is 2.27. The lowest BCUT2D eigenvalue weighted by Gasteiger charge is -2.11. The van der Waals surface area contributed by atoms with Crippen LogP contribution in [-0.2, 0) is 6.42 Å². The molecule has 0 radical (unpaired) electrons. The molecule has 0 unspecified atom stereocenters. The number of nitro groups is 1. The molecule has 0 saturated carbocycles. The van der Waals surface area contributed by atoms with Gasteiger partial charge in [-0.3, -0.25) is 10.1 Å². The zero-order chi connectivity index (χ0) is 19.1. The highest BCUT2D eigenvalue weighted by molar-refractivity contribution is 5.90. The number of urea groups is 1. The fourth-order valence-electron chi connectivity index (χ4n) is 2.38. The highest BCUT2D eigenvalue weighted by atomic mass is 16.6. The number of benzene rings is 2. The Kier molecular flexibility index (Phi) is 6.37. The molecule has 2 aromatic rings. The number of carbonyl (C=O) groups excluding carboxylic acids is 1. The lowest BCUT2D eigenvalue weighted by atomic mass is 10.1. The molecule has 0 aliphatic carbocycles. The van der Waals surface area contributed by atoms with E-state index in [4.69, 9.17) is 9.47 Å². The number of nitro benzene ring substituents is 1. The van der Waals surface area contributed by atoms with Crippen LogP contribution in [0.15, 0.2) is 36.4 Å². The number of aryl methyl sites for hydroxylation is 1. The largest absolute Gasteiger partial charge is 0.493 e. The second kappa shape index (κ2) is 8.70. The number of methoxy groups -OCH3 is 2. The van der Waals surface area contributed by atoms with Crippen molar-refractivity contribution < 1.29 is 19.2 Å². The van der Waals surface area contributed by atoms with Gasteiger partial charge >= 0.3 is 6.03 Å². The molecular weight excluding hydrogens is 338 g/mol. The summed E-state index contributed by atoms with van der Waals surface area (Å²) >= 11 is 0. The van der Waals surface area contributed by atoms with Crippen molar-refractivity contribution in [2.24, 2.45) is 0 Å². The summed E-state index contributed by atoms with van der Waals surface area (Å²) in [6, 6.07) is 9.46. The van der Waals surface area contributed by atoms with E-state index in [1.54, 1.807) is 33.3 Å². The summed E-state index contributed by atoms with van der Waals surface area (Å²) in [6.45, 7) is 2.16. The number of nitrogens with one attached hydrogen (secondary N) is 2. The Balaban J connectivity index is 1.91. The highest BCUT2D eigenvalue weighted by Gasteiger charge is 2.11. The molecule has 138 valence electrons. The first kappa shape index (κ1) is 19.0. The SMILES string of the molecule is COc1ccc(CCNC(=O)Nc2cc([N+](=O)[O-])ccc2C)cc1OC. The molecule has 2 N–H and O–H groups in total. The molecular formula is C18H21N3O5. The summed E-state index contributed by atoms with van der Waals surface area (Å²) < 4.78 is 10.4. The third-order valence-electron chi connectivity index (χ3n) is 3.83. The van der Waals surface area contributed by atoms with Crippen LogP contribution in [0.4, 0.5) is 16.2 Å². The van der Waals surface area contributed by atoms with E-state index < -0.39 is 11.0 Å². The van der Waals surface area contributed by atoms with E-state index in [-0.39, 0.29) is 5.69 Å². The van der Waals surface area contributed by atoms with Crippen LogP contribution in [0, 0.1) is 17.0 Å². The summed E-state index contributed by atoms with van der Waals surface area (Å²) in [4.78, 5) is 22.4. The van der Waals surface area contributed by atoms with E-state index in [2.05, 4.69) is 10.6 Å². The summed E-state index contributed by atoms with van der Waals surface area (Å²) in [5, 5.41) is 16.2. The summed E-state index contributed by atoms with van der Waals surface area (Å²) in [5.41, 5.74) is 2.05. The van der Waals surface area contributed by atoms with Gasteiger partial charge in [0.2, 0.25) is 0 Å². The first-order valence-corrected chi connectivity index (χ1v) is 7.95. The van der Waals surface area contributed by atoms with Crippen LogP contribution in [0.3, 0.4) is 0 Å². The standard InChI is InChI=1S/C18H21N3O5/c1-12-4-6-14(21(23)24)11-15(12)20-18(22)19-9-8-13-5-7-16(25-2)17(10-13)26-3/h4-7,10-11H,8-9H2,1-3H3,(H2,19,20,22). The van der Waals surface area contributed by atoms with Gasteiger partial charge in [-0.1, -0.05) is 12.1 Å². The Morgan fingerprint density at radius 3 is 2.50 bits per heavy atom. The van der Waals surface area contributed by atoms with Crippen LogP contribution >= 0.6 is 0 Å². The second-order valence-electron chi connectivity index (χ2n) is 5.58. The topological polar surface area (TPSA) is 103 Å². The predicted molar refractivity (Wildman–Crippen MR) is 98.1 cm³/mol. The van der Waals surface area contributed by atoms with Gasteiger partial charge in [-0.25, -0.2) is 4.79 Å². The minimum Gasteiger partial charge on any atom is -0.493 e. The number of amides is 2. The van der Waals surface area contributed by atoms with Crippen LogP contribution in [0.1, 0.15) is 11.1 Å². The normalized spacial score (nSPS) is 10.1. The van der Waals surface area contributed by atoms with Crippen molar-refractivity contribution in [2.45, 2.75) is 13.3 Å². The van der Waals surface area contributed by atoms with E-state index >= 15 is 0 Å². The maximum atomic E-state index is 12.0. The van der Waals surface area contributed by atoms with Gasteiger partial charge in [0.1, 0.15) is 0 Å². The number of rotatable bonds is 7. The first-order valence-electron chi connectivity index (χ1n) is 7.95. The molecule has 0 spiro atoms. The number of non-ortho nitro benzene ring substituents is 1. The van der Waals surface area contributed by atoms with Gasteiger partial charge in [0, 0.05) is 18.7 Å². The number of ether oxygens (including phenoxy) is 2. The Hall–Kier alpha value is -3.29. The molecule has 0 atom stereocenters. The number of nitrogens with zero attached hydrogens (tertiary/aromatic N) is 1. The van der Waals surface area contributed by atoms with E-state index in [9.17, 15) is 14.9 Å². The van der Waals surface area contributed by atoms with Crippen LogP contribution in [0.5, 0.6) is 11.5 Å². The molecule has 8 heteroatoms. The monoisotopic (exact) mass is 359 g/mol. The third kappa shape index (κ3) is 4.85. The average Bonchev–Trinajstić information content (AvgIpc) is 2.63. The van der Waals surface area contributed by atoms with E-state index in [0.717, 1.165) is 11.1 Å². The van der Waals surface area contributed by atoms with Gasteiger partial charge in [-0.15, -0.1) is 0 Å². The van der Waals surface area contributed by atoms with Crippen LogP contribution in [0.2, 0.25) is 0 Å². The van der Waals surface area contributed by atoms with Gasteiger partial charge in [0.05, 0.1) is 24.8 Å². The molecule has 8 nitrogen and oxygen atoms in total. The minimum atomic E-state index is -0.500. The van der Waals surface area contributed by atoms with Crippen LogP contribution < -0.4 is 20.1 Å². The molecule has 0 saturated heterocycles. The average molecular weight is 359 g/mol. The lowest BCUT2D eigenvalue weighted by molar-refractivity contribution is -0.384. The van der Waals surface area contributed by atoms with Crippen LogP contribution in [-0.4, -0.2) is 31.7 Å². The van der Waals surface area contributed by atoms with Crippen molar-refractivity contribution in [1.82, 2.24) is 5.32 Å². The van der Waals surface area contributed by atoms with E-state index in [1.807, 2.05) is 12.1 Å². The summed E-state index contributed by atoms with van der Waals surface area (Å²) in [7, 11) is 3.13. The predicted octanol–water partition coefficient (Wildman–Crippen LogP) is 3.28.